The standard InChI is InChI=1S/C15H24FN/c1-15(2,3)10-9-14(17)8-7-12-5-4-6-13(16)11-12/h4-6,11,14H,7-10,17H2,1-3H3. The van der Waals surface area contributed by atoms with Crippen molar-refractivity contribution in [1.82, 2.24) is 0 Å². The number of rotatable bonds is 5. The second-order valence-electron chi connectivity index (χ2n) is 6.03. The zero-order chi connectivity index (χ0) is 12.9. The van der Waals surface area contributed by atoms with Crippen LogP contribution in [0.25, 0.3) is 0 Å². The lowest BCUT2D eigenvalue weighted by Gasteiger charge is -2.20. The molecule has 0 fully saturated rings. The number of hydrogen-bond acceptors (Lipinski definition) is 1. The Hall–Kier alpha value is -0.890. The Kier molecular flexibility index (Phi) is 5.13. The number of halogens is 1. The zero-order valence-corrected chi connectivity index (χ0v) is 11.2. The van der Waals surface area contributed by atoms with E-state index in [4.69, 9.17) is 5.73 Å². The van der Waals surface area contributed by atoms with Crippen LogP contribution in [-0.2, 0) is 6.42 Å². The lowest BCUT2D eigenvalue weighted by Crippen LogP contribution is -2.23. The molecule has 2 heteroatoms. The second-order valence-corrected chi connectivity index (χ2v) is 6.03. The van der Waals surface area contributed by atoms with Crippen molar-refractivity contribution >= 4 is 0 Å². The minimum Gasteiger partial charge on any atom is -0.328 e. The smallest absolute Gasteiger partial charge is 0.123 e. The normalized spacial score (nSPS) is 13.7. The maximum atomic E-state index is 13.0. The summed E-state index contributed by atoms with van der Waals surface area (Å²) in [4.78, 5) is 0. The quantitative estimate of drug-likeness (QED) is 0.825. The molecule has 0 aliphatic carbocycles. The zero-order valence-electron chi connectivity index (χ0n) is 11.2. The second kappa shape index (κ2) is 6.15. The van der Waals surface area contributed by atoms with Gasteiger partial charge in [0.1, 0.15) is 5.82 Å². The van der Waals surface area contributed by atoms with Crippen molar-refractivity contribution in [3.63, 3.8) is 0 Å². The largest absolute Gasteiger partial charge is 0.328 e. The van der Waals surface area contributed by atoms with Crippen molar-refractivity contribution in [2.45, 2.75) is 52.5 Å². The summed E-state index contributed by atoms with van der Waals surface area (Å²) in [6, 6.07) is 7.00. The highest BCUT2D eigenvalue weighted by Gasteiger charge is 2.12. The summed E-state index contributed by atoms with van der Waals surface area (Å²) in [5.74, 6) is -0.161. The fraction of sp³-hybridized carbons (Fsp3) is 0.600. The molecule has 0 saturated carbocycles. The van der Waals surface area contributed by atoms with Crippen LogP contribution < -0.4 is 5.73 Å². The Morgan fingerprint density at radius 3 is 2.53 bits per heavy atom. The first-order chi connectivity index (χ1) is 7.87. The van der Waals surface area contributed by atoms with E-state index in [1.807, 2.05) is 6.07 Å². The minimum absolute atomic E-state index is 0.161. The van der Waals surface area contributed by atoms with Gasteiger partial charge in [-0.2, -0.15) is 0 Å². The molecule has 1 unspecified atom stereocenters. The first kappa shape index (κ1) is 14.2. The summed E-state index contributed by atoms with van der Waals surface area (Å²) in [7, 11) is 0. The van der Waals surface area contributed by atoms with Gasteiger partial charge in [-0.25, -0.2) is 4.39 Å². The van der Waals surface area contributed by atoms with Crippen molar-refractivity contribution in [2.75, 3.05) is 0 Å². The van der Waals surface area contributed by atoms with Crippen molar-refractivity contribution in [3.05, 3.63) is 35.6 Å². The molecule has 1 rings (SSSR count). The molecule has 0 amide bonds. The van der Waals surface area contributed by atoms with Gasteiger partial charge in [-0.1, -0.05) is 32.9 Å². The third-order valence-electron chi connectivity index (χ3n) is 2.96. The van der Waals surface area contributed by atoms with Crippen molar-refractivity contribution in [2.24, 2.45) is 11.1 Å². The van der Waals surface area contributed by atoms with Crippen molar-refractivity contribution < 1.29 is 4.39 Å². The monoisotopic (exact) mass is 237 g/mol. The first-order valence-electron chi connectivity index (χ1n) is 6.37. The van der Waals surface area contributed by atoms with Gasteiger partial charge >= 0.3 is 0 Å². The molecular formula is C15H24FN. The van der Waals surface area contributed by atoms with Crippen LogP contribution in [0.3, 0.4) is 0 Å². The Bertz CT molecular complexity index is 341. The number of nitrogens with two attached hydrogens (primary N) is 1. The van der Waals surface area contributed by atoms with Crippen LogP contribution in [0, 0.1) is 11.2 Å². The highest BCUT2D eigenvalue weighted by Crippen LogP contribution is 2.22. The SMILES string of the molecule is CC(C)(C)CCC(N)CCc1cccc(F)c1. The Morgan fingerprint density at radius 2 is 1.94 bits per heavy atom. The molecule has 0 aliphatic rings. The number of benzene rings is 1. The summed E-state index contributed by atoms with van der Waals surface area (Å²) >= 11 is 0. The van der Waals surface area contributed by atoms with Crippen LogP contribution in [0.5, 0.6) is 0 Å². The fourth-order valence-corrected chi connectivity index (χ4v) is 1.81. The molecule has 0 spiro atoms. The summed E-state index contributed by atoms with van der Waals surface area (Å²) in [6.07, 6.45) is 3.97. The lowest BCUT2D eigenvalue weighted by atomic mass is 9.88. The van der Waals surface area contributed by atoms with Crippen LogP contribution in [0.2, 0.25) is 0 Å². The van der Waals surface area contributed by atoms with E-state index in [0.29, 0.717) is 5.41 Å². The van der Waals surface area contributed by atoms with Gasteiger partial charge in [0.05, 0.1) is 0 Å². The Labute approximate surface area is 104 Å². The van der Waals surface area contributed by atoms with Gasteiger partial charge in [0, 0.05) is 6.04 Å². The van der Waals surface area contributed by atoms with E-state index in [-0.39, 0.29) is 11.9 Å². The summed E-state index contributed by atoms with van der Waals surface area (Å²) < 4.78 is 13.0. The summed E-state index contributed by atoms with van der Waals surface area (Å²) in [6.45, 7) is 6.69. The molecular weight excluding hydrogens is 213 g/mol. The summed E-state index contributed by atoms with van der Waals surface area (Å²) in [5.41, 5.74) is 7.45. The fourth-order valence-electron chi connectivity index (χ4n) is 1.81. The predicted octanol–water partition coefficient (Wildman–Crippen LogP) is 3.91. The molecule has 0 radical (unpaired) electrons. The van der Waals surface area contributed by atoms with E-state index in [9.17, 15) is 4.39 Å². The molecule has 0 aromatic heterocycles. The van der Waals surface area contributed by atoms with Crippen LogP contribution in [0.1, 0.15) is 45.6 Å². The first-order valence-corrected chi connectivity index (χ1v) is 6.37. The average molecular weight is 237 g/mol. The van der Waals surface area contributed by atoms with Crippen LogP contribution in [0.15, 0.2) is 24.3 Å². The molecule has 1 atom stereocenters. The third kappa shape index (κ3) is 6.42. The Morgan fingerprint density at radius 1 is 1.24 bits per heavy atom. The van der Waals surface area contributed by atoms with Crippen LogP contribution in [0.4, 0.5) is 4.39 Å². The van der Waals surface area contributed by atoms with Crippen LogP contribution in [-0.4, -0.2) is 6.04 Å². The molecule has 1 aromatic carbocycles. The lowest BCUT2D eigenvalue weighted by molar-refractivity contribution is 0.343. The van der Waals surface area contributed by atoms with Gasteiger partial charge in [-0.05, 0) is 48.8 Å². The van der Waals surface area contributed by atoms with E-state index in [0.717, 1.165) is 31.2 Å². The van der Waals surface area contributed by atoms with E-state index in [1.165, 1.54) is 6.07 Å². The number of aryl methyl sites for hydroxylation is 1. The van der Waals surface area contributed by atoms with Gasteiger partial charge in [0.15, 0.2) is 0 Å². The number of hydrogen-bond donors (Lipinski definition) is 1. The van der Waals surface area contributed by atoms with Gasteiger partial charge in [0.2, 0.25) is 0 Å². The van der Waals surface area contributed by atoms with E-state index in [1.54, 1.807) is 12.1 Å². The molecule has 0 bridgehead atoms. The van der Waals surface area contributed by atoms with Gasteiger partial charge in [-0.3, -0.25) is 0 Å². The maximum Gasteiger partial charge on any atom is 0.123 e. The molecule has 0 saturated heterocycles. The molecule has 96 valence electrons. The molecule has 17 heavy (non-hydrogen) atoms. The molecule has 2 N–H and O–H groups in total. The van der Waals surface area contributed by atoms with Gasteiger partial charge in [-0.15, -0.1) is 0 Å². The molecule has 1 nitrogen and oxygen atoms in total. The third-order valence-corrected chi connectivity index (χ3v) is 2.96. The van der Waals surface area contributed by atoms with Gasteiger partial charge < -0.3 is 5.73 Å². The molecule has 1 aromatic rings. The maximum absolute atomic E-state index is 13.0. The topological polar surface area (TPSA) is 26.0 Å². The predicted molar refractivity (Wildman–Crippen MR) is 71.4 cm³/mol. The van der Waals surface area contributed by atoms with E-state index < -0.39 is 0 Å². The Balaban J connectivity index is 2.31. The summed E-state index contributed by atoms with van der Waals surface area (Å²) in [5, 5.41) is 0. The highest BCUT2D eigenvalue weighted by atomic mass is 19.1. The van der Waals surface area contributed by atoms with Crippen molar-refractivity contribution in [1.29, 1.82) is 0 Å². The van der Waals surface area contributed by atoms with E-state index >= 15 is 0 Å². The molecule has 0 heterocycles. The van der Waals surface area contributed by atoms with Gasteiger partial charge in [0.25, 0.3) is 0 Å². The molecule has 0 aliphatic heterocycles. The highest BCUT2D eigenvalue weighted by molar-refractivity contribution is 5.16. The minimum atomic E-state index is -0.161. The van der Waals surface area contributed by atoms with Crippen LogP contribution >= 0.6 is 0 Å². The average Bonchev–Trinajstić information content (AvgIpc) is 2.23. The van der Waals surface area contributed by atoms with Crippen molar-refractivity contribution in [3.8, 4) is 0 Å². The van der Waals surface area contributed by atoms with E-state index in [2.05, 4.69) is 20.8 Å².